The fraction of sp³-hybridized carbons (Fsp3) is 0.700. The van der Waals surface area contributed by atoms with Crippen molar-refractivity contribution in [2.24, 2.45) is 17.1 Å². The third-order valence-corrected chi connectivity index (χ3v) is 5.69. The van der Waals surface area contributed by atoms with Gasteiger partial charge >= 0.3 is 0 Å². The molecular formula is C20H33N. The molecule has 1 aliphatic rings. The van der Waals surface area contributed by atoms with Crippen molar-refractivity contribution in [1.29, 1.82) is 0 Å². The lowest BCUT2D eigenvalue weighted by atomic mass is 9.66. The van der Waals surface area contributed by atoms with Gasteiger partial charge in [-0.2, -0.15) is 0 Å². The fourth-order valence-electron chi connectivity index (χ4n) is 4.30. The first-order valence-corrected chi connectivity index (χ1v) is 8.76. The minimum absolute atomic E-state index is 0.356. The van der Waals surface area contributed by atoms with Gasteiger partial charge in [-0.05, 0) is 87.4 Å². The second kappa shape index (κ2) is 6.96. The van der Waals surface area contributed by atoms with E-state index in [1.807, 2.05) is 0 Å². The van der Waals surface area contributed by atoms with Crippen molar-refractivity contribution in [3.05, 3.63) is 34.4 Å². The quantitative estimate of drug-likeness (QED) is 0.802. The Bertz CT molecular complexity index is 444. The molecule has 0 radical (unpaired) electrons. The number of hydrogen-bond acceptors (Lipinski definition) is 1. The monoisotopic (exact) mass is 287 g/mol. The lowest BCUT2D eigenvalue weighted by Crippen LogP contribution is -2.37. The minimum atomic E-state index is 0.356. The van der Waals surface area contributed by atoms with E-state index in [9.17, 15) is 0 Å². The Morgan fingerprint density at radius 3 is 2.14 bits per heavy atom. The molecular weight excluding hydrogens is 254 g/mol. The molecule has 1 nitrogen and oxygen atoms in total. The van der Waals surface area contributed by atoms with Crippen LogP contribution in [0.4, 0.5) is 0 Å². The van der Waals surface area contributed by atoms with Crippen molar-refractivity contribution in [3.63, 3.8) is 0 Å². The second-order valence-corrected chi connectivity index (χ2v) is 7.49. The highest BCUT2D eigenvalue weighted by Crippen LogP contribution is 2.43. The van der Waals surface area contributed by atoms with Gasteiger partial charge in [0.2, 0.25) is 0 Å². The summed E-state index contributed by atoms with van der Waals surface area (Å²) >= 11 is 0. The first-order valence-electron chi connectivity index (χ1n) is 8.76. The molecule has 21 heavy (non-hydrogen) atoms. The number of aryl methyl sites for hydroxylation is 3. The van der Waals surface area contributed by atoms with Gasteiger partial charge in [0, 0.05) is 0 Å². The SMILES string of the molecule is CCCC1CCC(CN)(Cc2c(C)cc(C)cc2C)CC1. The van der Waals surface area contributed by atoms with E-state index in [-0.39, 0.29) is 0 Å². The lowest BCUT2D eigenvalue weighted by molar-refractivity contribution is 0.150. The van der Waals surface area contributed by atoms with Gasteiger partial charge in [0.1, 0.15) is 0 Å². The maximum absolute atomic E-state index is 6.24. The van der Waals surface area contributed by atoms with Crippen molar-refractivity contribution >= 4 is 0 Å². The van der Waals surface area contributed by atoms with Crippen LogP contribution in [-0.2, 0) is 6.42 Å². The largest absolute Gasteiger partial charge is 0.330 e. The summed E-state index contributed by atoms with van der Waals surface area (Å²) < 4.78 is 0. The van der Waals surface area contributed by atoms with E-state index in [0.717, 1.165) is 12.5 Å². The highest BCUT2D eigenvalue weighted by atomic mass is 14.6. The topological polar surface area (TPSA) is 26.0 Å². The van der Waals surface area contributed by atoms with Gasteiger partial charge in [-0.1, -0.05) is 37.5 Å². The van der Waals surface area contributed by atoms with E-state index in [1.165, 1.54) is 61.6 Å². The normalized spacial score (nSPS) is 26.0. The Labute approximate surface area is 131 Å². The third-order valence-electron chi connectivity index (χ3n) is 5.69. The molecule has 2 rings (SSSR count). The van der Waals surface area contributed by atoms with E-state index >= 15 is 0 Å². The van der Waals surface area contributed by atoms with Gasteiger partial charge < -0.3 is 5.73 Å². The number of hydrogen-bond donors (Lipinski definition) is 1. The molecule has 0 bridgehead atoms. The average molecular weight is 287 g/mol. The van der Waals surface area contributed by atoms with Crippen LogP contribution >= 0.6 is 0 Å². The van der Waals surface area contributed by atoms with E-state index in [1.54, 1.807) is 5.56 Å². The molecule has 0 amide bonds. The summed E-state index contributed by atoms with van der Waals surface area (Å²) in [6.45, 7) is 9.88. The van der Waals surface area contributed by atoms with E-state index in [2.05, 4.69) is 39.8 Å². The molecule has 1 aromatic carbocycles. The molecule has 2 N–H and O–H groups in total. The van der Waals surface area contributed by atoms with E-state index < -0.39 is 0 Å². The van der Waals surface area contributed by atoms with Crippen LogP contribution in [0.25, 0.3) is 0 Å². The number of benzene rings is 1. The summed E-state index contributed by atoms with van der Waals surface area (Å²) in [5.41, 5.74) is 12.4. The number of nitrogens with two attached hydrogens (primary N) is 1. The number of rotatable bonds is 5. The maximum atomic E-state index is 6.24. The molecule has 0 saturated heterocycles. The summed E-state index contributed by atoms with van der Waals surface area (Å²) in [5.74, 6) is 0.954. The third kappa shape index (κ3) is 3.88. The Balaban J connectivity index is 2.13. The zero-order valence-corrected chi connectivity index (χ0v) is 14.5. The zero-order chi connectivity index (χ0) is 15.5. The summed E-state index contributed by atoms with van der Waals surface area (Å²) in [7, 11) is 0. The van der Waals surface area contributed by atoms with Crippen LogP contribution in [0.2, 0.25) is 0 Å². The summed E-state index contributed by atoms with van der Waals surface area (Å²) in [6, 6.07) is 4.66. The van der Waals surface area contributed by atoms with Crippen LogP contribution in [0.5, 0.6) is 0 Å². The standard InChI is InChI=1S/C20H33N/c1-5-6-18-7-9-20(14-21,10-8-18)13-19-16(3)11-15(2)12-17(19)4/h11-12,18H,5-10,13-14,21H2,1-4H3. The van der Waals surface area contributed by atoms with Crippen molar-refractivity contribution in [1.82, 2.24) is 0 Å². The van der Waals surface area contributed by atoms with Crippen molar-refractivity contribution in [3.8, 4) is 0 Å². The molecule has 0 atom stereocenters. The first-order chi connectivity index (χ1) is 9.99. The maximum Gasteiger partial charge on any atom is -0.00173 e. The van der Waals surface area contributed by atoms with Gasteiger partial charge in [0.05, 0.1) is 0 Å². The lowest BCUT2D eigenvalue weighted by Gasteiger charge is -2.40. The molecule has 118 valence electrons. The minimum Gasteiger partial charge on any atom is -0.330 e. The second-order valence-electron chi connectivity index (χ2n) is 7.49. The van der Waals surface area contributed by atoms with Gasteiger partial charge in [-0.3, -0.25) is 0 Å². The molecule has 0 aromatic heterocycles. The Morgan fingerprint density at radius 1 is 1.10 bits per heavy atom. The predicted octanol–water partition coefficient (Wildman–Crippen LogP) is 5.09. The summed E-state index contributed by atoms with van der Waals surface area (Å²) in [6.07, 6.45) is 9.33. The Morgan fingerprint density at radius 2 is 1.67 bits per heavy atom. The van der Waals surface area contributed by atoms with E-state index in [0.29, 0.717) is 5.41 Å². The van der Waals surface area contributed by atoms with Crippen LogP contribution in [0.15, 0.2) is 12.1 Å². The summed E-state index contributed by atoms with van der Waals surface area (Å²) in [5, 5.41) is 0. The van der Waals surface area contributed by atoms with Gasteiger partial charge in [-0.15, -0.1) is 0 Å². The Kier molecular flexibility index (Phi) is 5.48. The highest BCUT2D eigenvalue weighted by molar-refractivity contribution is 5.38. The molecule has 0 heterocycles. The van der Waals surface area contributed by atoms with Crippen molar-refractivity contribution in [2.75, 3.05) is 6.54 Å². The molecule has 0 aliphatic heterocycles. The molecule has 1 heteroatoms. The van der Waals surface area contributed by atoms with Gasteiger partial charge in [0.25, 0.3) is 0 Å². The first kappa shape index (κ1) is 16.5. The van der Waals surface area contributed by atoms with Crippen LogP contribution in [-0.4, -0.2) is 6.54 Å². The fourth-order valence-corrected chi connectivity index (χ4v) is 4.30. The summed E-state index contributed by atoms with van der Waals surface area (Å²) in [4.78, 5) is 0. The molecule has 0 unspecified atom stereocenters. The van der Waals surface area contributed by atoms with Crippen LogP contribution in [0.3, 0.4) is 0 Å². The average Bonchev–Trinajstić information content (AvgIpc) is 2.45. The molecule has 1 fully saturated rings. The van der Waals surface area contributed by atoms with Crippen LogP contribution < -0.4 is 5.73 Å². The molecule has 0 spiro atoms. The van der Waals surface area contributed by atoms with E-state index in [4.69, 9.17) is 5.73 Å². The predicted molar refractivity (Wildman–Crippen MR) is 92.7 cm³/mol. The van der Waals surface area contributed by atoms with Gasteiger partial charge in [-0.25, -0.2) is 0 Å². The van der Waals surface area contributed by atoms with Crippen LogP contribution in [0, 0.1) is 32.1 Å². The zero-order valence-electron chi connectivity index (χ0n) is 14.5. The molecule has 1 aromatic rings. The van der Waals surface area contributed by atoms with Gasteiger partial charge in [0.15, 0.2) is 0 Å². The van der Waals surface area contributed by atoms with Crippen LogP contribution in [0.1, 0.15) is 67.7 Å². The smallest absolute Gasteiger partial charge is 0.00173 e. The van der Waals surface area contributed by atoms with Crippen molar-refractivity contribution in [2.45, 2.75) is 72.6 Å². The van der Waals surface area contributed by atoms with Crippen molar-refractivity contribution < 1.29 is 0 Å². The molecule has 1 aliphatic carbocycles. The molecule has 1 saturated carbocycles. The Hall–Kier alpha value is -0.820. The highest BCUT2D eigenvalue weighted by Gasteiger charge is 2.34.